The molecule has 0 aliphatic rings. The maximum atomic E-state index is 12.8. The molecule has 0 unspecified atom stereocenters. The van der Waals surface area contributed by atoms with E-state index >= 15 is 0 Å². The average molecular weight is 232 g/mol. The highest BCUT2D eigenvalue weighted by Crippen LogP contribution is 2.21. The summed E-state index contributed by atoms with van der Waals surface area (Å²) in [7, 11) is 3.63. The van der Waals surface area contributed by atoms with E-state index in [1.807, 2.05) is 11.9 Å². The van der Waals surface area contributed by atoms with Gasteiger partial charge in [-0.15, -0.1) is 0 Å². The van der Waals surface area contributed by atoms with Gasteiger partial charge in [0.1, 0.15) is 11.6 Å². The third kappa shape index (κ3) is 2.50. The van der Waals surface area contributed by atoms with E-state index in [-0.39, 0.29) is 5.82 Å². The summed E-state index contributed by atoms with van der Waals surface area (Å²) >= 11 is 0. The van der Waals surface area contributed by atoms with Gasteiger partial charge >= 0.3 is 0 Å². The Balaban J connectivity index is 2.29. The van der Waals surface area contributed by atoms with Gasteiger partial charge in [-0.2, -0.15) is 4.98 Å². The fourth-order valence-corrected chi connectivity index (χ4v) is 1.45. The quantitative estimate of drug-likeness (QED) is 0.882. The highest BCUT2D eigenvalue weighted by molar-refractivity contribution is 5.59. The molecule has 0 bridgehead atoms. The minimum absolute atomic E-state index is 0.249. The van der Waals surface area contributed by atoms with Crippen molar-refractivity contribution in [3.63, 3.8) is 0 Å². The van der Waals surface area contributed by atoms with Crippen LogP contribution in [-0.2, 0) is 0 Å². The number of halogens is 1. The molecule has 1 aromatic heterocycles. The Kier molecular flexibility index (Phi) is 3.18. The van der Waals surface area contributed by atoms with Crippen LogP contribution in [-0.4, -0.2) is 24.1 Å². The van der Waals surface area contributed by atoms with Crippen LogP contribution < -0.4 is 10.2 Å². The molecule has 4 nitrogen and oxygen atoms in total. The Labute approximate surface area is 99.1 Å². The van der Waals surface area contributed by atoms with Crippen molar-refractivity contribution in [2.24, 2.45) is 0 Å². The van der Waals surface area contributed by atoms with Gasteiger partial charge in [0.2, 0.25) is 5.95 Å². The fraction of sp³-hybridized carbons (Fsp3) is 0.167. The van der Waals surface area contributed by atoms with E-state index in [0.717, 1.165) is 11.5 Å². The molecule has 0 fully saturated rings. The van der Waals surface area contributed by atoms with Crippen LogP contribution in [0.1, 0.15) is 0 Å². The number of hydrogen-bond acceptors (Lipinski definition) is 4. The molecule has 2 rings (SSSR count). The van der Waals surface area contributed by atoms with Crippen molar-refractivity contribution in [3.8, 4) is 0 Å². The van der Waals surface area contributed by atoms with Crippen molar-refractivity contribution in [1.29, 1.82) is 0 Å². The normalized spacial score (nSPS) is 10.1. The zero-order valence-corrected chi connectivity index (χ0v) is 9.68. The third-order valence-corrected chi connectivity index (χ3v) is 2.42. The zero-order valence-electron chi connectivity index (χ0n) is 9.68. The molecule has 0 aliphatic carbocycles. The van der Waals surface area contributed by atoms with Crippen molar-refractivity contribution >= 4 is 17.5 Å². The van der Waals surface area contributed by atoms with Crippen molar-refractivity contribution in [2.75, 3.05) is 24.3 Å². The summed E-state index contributed by atoms with van der Waals surface area (Å²) in [4.78, 5) is 10.2. The van der Waals surface area contributed by atoms with E-state index < -0.39 is 0 Å². The molecule has 0 saturated carbocycles. The second kappa shape index (κ2) is 4.78. The fourth-order valence-electron chi connectivity index (χ4n) is 1.45. The summed E-state index contributed by atoms with van der Waals surface area (Å²) in [5.74, 6) is 1.05. The lowest BCUT2D eigenvalue weighted by Crippen LogP contribution is -2.12. The van der Waals surface area contributed by atoms with E-state index in [4.69, 9.17) is 0 Å². The highest BCUT2D eigenvalue weighted by atomic mass is 19.1. The Morgan fingerprint density at radius 1 is 1.18 bits per heavy atom. The van der Waals surface area contributed by atoms with Crippen molar-refractivity contribution < 1.29 is 4.39 Å². The van der Waals surface area contributed by atoms with E-state index in [2.05, 4.69) is 15.3 Å². The van der Waals surface area contributed by atoms with Crippen LogP contribution in [0.2, 0.25) is 0 Å². The number of benzene rings is 1. The van der Waals surface area contributed by atoms with Crippen LogP contribution in [0.3, 0.4) is 0 Å². The molecule has 0 saturated heterocycles. The summed E-state index contributed by atoms with van der Waals surface area (Å²) < 4.78 is 12.8. The topological polar surface area (TPSA) is 41.1 Å². The SMILES string of the molecule is CNc1nccc(N(C)c2ccc(F)cc2)n1. The van der Waals surface area contributed by atoms with Gasteiger partial charge in [0.25, 0.3) is 0 Å². The van der Waals surface area contributed by atoms with Crippen LogP contribution >= 0.6 is 0 Å². The molecule has 1 heterocycles. The predicted molar refractivity (Wildman–Crippen MR) is 66.0 cm³/mol. The number of rotatable bonds is 3. The Morgan fingerprint density at radius 3 is 2.53 bits per heavy atom. The van der Waals surface area contributed by atoms with Crippen molar-refractivity contribution in [2.45, 2.75) is 0 Å². The van der Waals surface area contributed by atoms with Gasteiger partial charge < -0.3 is 10.2 Å². The molecule has 5 heteroatoms. The molecule has 0 amide bonds. The van der Waals surface area contributed by atoms with E-state index in [9.17, 15) is 4.39 Å². The lowest BCUT2D eigenvalue weighted by molar-refractivity contribution is 0.628. The number of anilines is 3. The summed E-state index contributed by atoms with van der Waals surface area (Å²) in [6, 6.07) is 8.05. The summed E-state index contributed by atoms with van der Waals surface area (Å²) in [6.45, 7) is 0. The molecule has 1 N–H and O–H groups in total. The second-order valence-electron chi connectivity index (χ2n) is 3.52. The third-order valence-electron chi connectivity index (χ3n) is 2.42. The first-order valence-corrected chi connectivity index (χ1v) is 5.21. The first-order chi connectivity index (χ1) is 8.20. The molecule has 0 spiro atoms. The number of aromatic nitrogens is 2. The maximum Gasteiger partial charge on any atom is 0.224 e. The summed E-state index contributed by atoms with van der Waals surface area (Å²) in [5.41, 5.74) is 0.868. The molecule has 88 valence electrons. The van der Waals surface area contributed by atoms with Gasteiger partial charge in [-0.3, -0.25) is 0 Å². The maximum absolute atomic E-state index is 12.8. The Bertz CT molecular complexity index is 498. The summed E-state index contributed by atoms with van der Waals surface area (Å²) in [5, 5.41) is 2.87. The van der Waals surface area contributed by atoms with Gasteiger partial charge in [-0.05, 0) is 30.3 Å². The average Bonchev–Trinajstić information content (AvgIpc) is 2.39. The molecule has 17 heavy (non-hydrogen) atoms. The standard InChI is InChI=1S/C12H13FN4/c1-14-12-15-8-7-11(16-12)17(2)10-5-3-9(13)4-6-10/h3-8H,1-2H3,(H,14,15,16). The second-order valence-corrected chi connectivity index (χ2v) is 3.52. The first kappa shape index (κ1) is 11.3. The molecular weight excluding hydrogens is 219 g/mol. The number of nitrogens with one attached hydrogen (secondary N) is 1. The Morgan fingerprint density at radius 2 is 1.88 bits per heavy atom. The molecule has 0 atom stereocenters. The smallest absolute Gasteiger partial charge is 0.224 e. The van der Waals surface area contributed by atoms with E-state index in [0.29, 0.717) is 5.95 Å². The van der Waals surface area contributed by atoms with Crippen LogP contribution in [0.4, 0.5) is 21.8 Å². The zero-order chi connectivity index (χ0) is 12.3. The molecule has 0 aliphatic heterocycles. The van der Waals surface area contributed by atoms with Crippen LogP contribution in [0.5, 0.6) is 0 Å². The van der Waals surface area contributed by atoms with E-state index in [1.54, 1.807) is 31.4 Å². The van der Waals surface area contributed by atoms with Crippen molar-refractivity contribution in [1.82, 2.24) is 9.97 Å². The van der Waals surface area contributed by atoms with Gasteiger partial charge in [-0.1, -0.05) is 0 Å². The monoisotopic (exact) mass is 232 g/mol. The van der Waals surface area contributed by atoms with Crippen LogP contribution in [0.25, 0.3) is 0 Å². The minimum atomic E-state index is -0.249. The van der Waals surface area contributed by atoms with Crippen LogP contribution in [0, 0.1) is 5.82 Å². The molecule has 2 aromatic rings. The minimum Gasteiger partial charge on any atom is -0.357 e. The lowest BCUT2D eigenvalue weighted by atomic mass is 10.3. The molecule has 0 radical (unpaired) electrons. The van der Waals surface area contributed by atoms with E-state index in [1.165, 1.54) is 12.1 Å². The molecular formula is C12H13FN4. The largest absolute Gasteiger partial charge is 0.357 e. The number of nitrogens with zero attached hydrogens (tertiary/aromatic N) is 3. The predicted octanol–water partition coefficient (Wildman–Crippen LogP) is 2.43. The molecule has 1 aromatic carbocycles. The summed E-state index contributed by atoms with van der Waals surface area (Å²) in [6.07, 6.45) is 1.67. The van der Waals surface area contributed by atoms with Gasteiger partial charge in [-0.25, -0.2) is 9.37 Å². The van der Waals surface area contributed by atoms with Crippen LogP contribution in [0.15, 0.2) is 36.5 Å². The lowest BCUT2D eigenvalue weighted by Gasteiger charge is -2.18. The highest BCUT2D eigenvalue weighted by Gasteiger charge is 2.06. The first-order valence-electron chi connectivity index (χ1n) is 5.21. The van der Waals surface area contributed by atoms with Gasteiger partial charge in [0.05, 0.1) is 0 Å². The van der Waals surface area contributed by atoms with Crippen molar-refractivity contribution in [3.05, 3.63) is 42.3 Å². The van der Waals surface area contributed by atoms with Gasteiger partial charge in [0, 0.05) is 26.0 Å². The van der Waals surface area contributed by atoms with Gasteiger partial charge in [0.15, 0.2) is 0 Å². The Hall–Kier alpha value is -2.17. The number of hydrogen-bond donors (Lipinski definition) is 1.